The zero-order chi connectivity index (χ0) is 14.9. The Balaban J connectivity index is 2.36. The lowest BCUT2D eigenvalue weighted by Gasteiger charge is -2.11. The van der Waals surface area contributed by atoms with Gasteiger partial charge in [-0.1, -0.05) is 54.7 Å². The Hall–Kier alpha value is -0.100. The maximum atomic E-state index is 6.18. The van der Waals surface area contributed by atoms with Crippen LogP contribution >= 0.6 is 57.4 Å². The van der Waals surface area contributed by atoms with Gasteiger partial charge in [-0.3, -0.25) is 0 Å². The molecule has 1 aromatic heterocycles. The topological polar surface area (TPSA) is 25.8 Å². The number of benzene rings is 1. The van der Waals surface area contributed by atoms with E-state index in [1.165, 1.54) is 0 Å². The second-order valence-corrected chi connectivity index (χ2v) is 6.96. The van der Waals surface area contributed by atoms with E-state index < -0.39 is 0 Å². The summed E-state index contributed by atoms with van der Waals surface area (Å²) in [5, 5.41) is 1.57. The van der Waals surface area contributed by atoms with Gasteiger partial charge in [-0.2, -0.15) is 0 Å². The van der Waals surface area contributed by atoms with E-state index in [0.717, 1.165) is 14.8 Å². The Bertz CT molecular complexity index is 645. The van der Waals surface area contributed by atoms with Crippen LogP contribution in [0.1, 0.15) is 36.8 Å². The van der Waals surface area contributed by atoms with Crippen LogP contribution in [0, 0.1) is 3.57 Å². The molecule has 0 radical (unpaired) electrons. The van der Waals surface area contributed by atoms with E-state index in [4.69, 9.17) is 34.8 Å². The van der Waals surface area contributed by atoms with Crippen molar-refractivity contribution in [1.29, 1.82) is 0 Å². The van der Waals surface area contributed by atoms with Crippen molar-refractivity contribution >= 4 is 57.4 Å². The molecular formula is C14H12Cl3IN2. The first kappa shape index (κ1) is 16.3. The van der Waals surface area contributed by atoms with Gasteiger partial charge in [0.25, 0.3) is 0 Å². The predicted octanol–water partition coefficient (Wildman–Crippen LogP) is 5.76. The summed E-state index contributed by atoms with van der Waals surface area (Å²) in [6.07, 6.45) is 0.577. The Morgan fingerprint density at radius 2 is 1.80 bits per heavy atom. The average Bonchev–Trinajstić information content (AvgIpc) is 2.37. The molecule has 2 aromatic rings. The predicted molar refractivity (Wildman–Crippen MR) is 93.1 cm³/mol. The number of aromatic nitrogens is 2. The normalized spacial score (nSPS) is 11.2. The summed E-state index contributed by atoms with van der Waals surface area (Å²) < 4.78 is 0.914. The smallest absolute Gasteiger partial charge is 0.146 e. The summed E-state index contributed by atoms with van der Waals surface area (Å²) in [7, 11) is 0. The fourth-order valence-corrected chi connectivity index (χ4v) is 3.15. The second-order valence-electron chi connectivity index (χ2n) is 4.71. The molecule has 0 aliphatic heterocycles. The SMILES string of the molecule is CC(C)c1nc(Cc2ccc(Cl)c(Cl)c2)nc(Cl)c1I. The molecule has 0 unspecified atom stereocenters. The van der Waals surface area contributed by atoms with Crippen LogP contribution in [0.5, 0.6) is 0 Å². The summed E-state index contributed by atoms with van der Waals surface area (Å²) in [5.41, 5.74) is 1.98. The molecule has 0 bridgehead atoms. The highest BCUT2D eigenvalue weighted by Crippen LogP contribution is 2.27. The van der Waals surface area contributed by atoms with Crippen molar-refractivity contribution in [3.8, 4) is 0 Å². The minimum absolute atomic E-state index is 0.301. The van der Waals surface area contributed by atoms with E-state index in [-0.39, 0.29) is 0 Å². The van der Waals surface area contributed by atoms with E-state index in [9.17, 15) is 0 Å². The first-order valence-corrected chi connectivity index (χ1v) is 8.25. The molecule has 20 heavy (non-hydrogen) atoms. The van der Waals surface area contributed by atoms with E-state index in [2.05, 4.69) is 46.4 Å². The summed E-state index contributed by atoms with van der Waals surface area (Å²) in [6.45, 7) is 4.17. The molecule has 106 valence electrons. The number of halogens is 4. The first-order chi connectivity index (χ1) is 9.38. The minimum atomic E-state index is 0.301. The zero-order valence-corrected chi connectivity index (χ0v) is 15.3. The van der Waals surface area contributed by atoms with Crippen molar-refractivity contribution in [3.05, 3.63) is 54.0 Å². The third-order valence-corrected chi connectivity index (χ3v) is 5.17. The Kier molecular flexibility index (Phi) is 5.51. The van der Waals surface area contributed by atoms with E-state index in [1.54, 1.807) is 6.07 Å². The standard InChI is InChI=1S/C14H12Cl3IN2/c1-7(2)13-12(18)14(17)20-11(19-13)6-8-3-4-9(15)10(16)5-8/h3-5,7H,6H2,1-2H3. The highest BCUT2D eigenvalue weighted by molar-refractivity contribution is 14.1. The van der Waals surface area contributed by atoms with Crippen LogP contribution in [0.3, 0.4) is 0 Å². The summed E-state index contributed by atoms with van der Waals surface area (Å²) >= 11 is 20.3. The van der Waals surface area contributed by atoms with Gasteiger partial charge in [0.15, 0.2) is 0 Å². The van der Waals surface area contributed by atoms with Gasteiger partial charge in [0.2, 0.25) is 0 Å². The van der Waals surface area contributed by atoms with Gasteiger partial charge in [-0.25, -0.2) is 9.97 Å². The number of hydrogen-bond acceptors (Lipinski definition) is 2. The maximum Gasteiger partial charge on any atom is 0.146 e. The van der Waals surface area contributed by atoms with Gasteiger partial charge in [0, 0.05) is 6.42 Å². The molecule has 0 saturated heterocycles. The summed E-state index contributed by atoms with van der Waals surface area (Å²) in [4.78, 5) is 8.93. The van der Waals surface area contributed by atoms with Crippen LogP contribution in [0.15, 0.2) is 18.2 Å². The highest BCUT2D eigenvalue weighted by atomic mass is 127. The van der Waals surface area contributed by atoms with E-state index in [0.29, 0.717) is 33.4 Å². The Morgan fingerprint density at radius 1 is 1.10 bits per heavy atom. The third-order valence-electron chi connectivity index (χ3n) is 2.78. The van der Waals surface area contributed by atoms with Gasteiger partial charge in [-0.15, -0.1) is 0 Å². The van der Waals surface area contributed by atoms with Crippen LogP contribution in [-0.2, 0) is 6.42 Å². The summed E-state index contributed by atoms with van der Waals surface area (Å²) in [5.74, 6) is 0.993. The number of hydrogen-bond donors (Lipinski definition) is 0. The largest absolute Gasteiger partial charge is 0.236 e. The molecule has 1 aromatic carbocycles. The van der Waals surface area contributed by atoms with Crippen molar-refractivity contribution in [1.82, 2.24) is 9.97 Å². The molecule has 0 aliphatic carbocycles. The third kappa shape index (κ3) is 3.75. The lowest BCUT2D eigenvalue weighted by molar-refractivity contribution is 0.783. The van der Waals surface area contributed by atoms with Crippen LogP contribution < -0.4 is 0 Å². The van der Waals surface area contributed by atoms with Gasteiger partial charge in [-0.05, 0) is 46.2 Å². The van der Waals surface area contributed by atoms with E-state index in [1.807, 2.05) is 12.1 Å². The number of nitrogens with zero attached hydrogens (tertiary/aromatic N) is 2. The molecule has 6 heteroatoms. The van der Waals surface area contributed by atoms with Crippen molar-refractivity contribution < 1.29 is 0 Å². The Labute approximate surface area is 147 Å². The molecule has 2 nitrogen and oxygen atoms in total. The van der Waals surface area contributed by atoms with Crippen molar-refractivity contribution in [2.24, 2.45) is 0 Å². The van der Waals surface area contributed by atoms with Gasteiger partial charge in [0.05, 0.1) is 19.3 Å². The summed E-state index contributed by atoms with van der Waals surface area (Å²) in [6, 6.07) is 5.52. The molecule has 0 saturated carbocycles. The fraction of sp³-hybridized carbons (Fsp3) is 0.286. The van der Waals surface area contributed by atoms with Crippen molar-refractivity contribution in [2.45, 2.75) is 26.2 Å². The fourth-order valence-electron chi connectivity index (χ4n) is 1.77. The molecule has 0 fully saturated rings. The van der Waals surface area contributed by atoms with Gasteiger partial charge >= 0.3 is 0 Å². The second kappa shape index (κ2) is 6.77. The minimum Gasteiger partial charge on any atom is -0.236 e. The Morgan fingerprint density at radius 3 is 2.40 bits per heavy atom. The molecular weight excluding hydrogens is 429 g/mol. The van der Waals surface area contributed by atoms with Crippen LogP contribution in [0.25, 0.3) is 0 Å². The molecule has 1 heterocycles. The molecule has 0 aliphatic rings. The van der Waals surface area contributed by atoms with Crippen LogP contribution in [0.2, 0.25) is 15.2 Å². The molecule has 0 N–H and O–H groups in total. The van der Waals surface area contributed by atoms with Gasteiger partial charge < -0.3 is 0 Å². The van der Waals surface area contributed by atoms with Crippen LogP contribution in [0.4, 0.5) is 0 Å². The highest BCUT2D eigenvalue weighted by Gasteiger charge is 2.14. The quantitative estimate of drug-likeness (QED) is 0.447. The molecule has 2 rings (SSSR count). The maximum absolute atomic E-state index is 6.18. The van der Waals surface area contributed by atoms with Gasteiger partial charge in [0.1, 0.15) is 11.0 Å². The first-order valence-electron chi connectivity index (χ1n) is 6.04. The van der Waals surface area contributed by atoms with Crippen molar-refractivity contribution in [2.75, 3.05) is 0 Å². The molecule has 0 spiro atoms. The van der Waals surface area contributed by atoms with Crippen molar-refractivity contribution in [3.63, 3.8) is 0 Å². The lowest BCUT2D eigenvalue weighted by atomic mass is 10.1. The average molecular weight is 442 g/mol. The zero-order valence-electron chi connectivity index (χ0n) is 10.9. The van der Waals surface area contributed by atoms with E-state index >= 15 is 0 Å². The molecule has 0 amide bonds. The lowest BCUT2D eigenvalue weighted by Crippen LogP contribution is -2.05. The number of rotatable bonds is 3. The van der Waals surface area contributed by atoms with Crippen LogP contribution in [-0.4, -0.2) is 9.97 Å². The monoisotopic (exact) mass is 440 g/mol. The molecule has 0 atom stereocenters.